The number of aliphatic hydroxyl groups is 2. The molecule has 196 valence electrons. The molecule has 14 nitrogen and oxygen atoms in total. The molecule has 0 aliphatic carbocycles. The lowest BCUT2D eigenvalue weighted by Gasteiger charge is -2.18. The topological polar surface area (TPSA) is 209 Å². The standard InChI is InChI=1S/C19H24ClN5O9P2/c1-10(11-5-3-2-4-6-11)22-16-13-17(24-19(20)23-16)25(8-21-13)18-15(27)14(26)12(34-18)7-33-36(31,32)9-35(28,29)30/h2-6,8,10,12,14-15,18,26-27H,7,9H2,1H3,(H,31,32)(H,22,23,24)(H2,28,29,30)/t10-,12-,14-,15-,18-/m1/s1. The summed E-state index contributed by atoms with van der Waals surface area (Å²) in [5.41, 5.74) is 1.49. The molecule has 17 heteroatoms. The fourth-order valence-corrected chi connectivity index (χ4v) is 6.50. The summed E-state index contributed by atoms with van der Waals surface area (Å²) in [6, 6.07) is 9.41. The Morgan fingerprint density at radius 2 is 1.86 bits per heavy atom. The van der Waals surface area contributed by atoms with Gasteiger partial charge in [0.1, 0.15) is 18.3 Å². The Bertz CT molecular complexity index is 1320. The lowest BCUT2D eigenvalue weighted by molar-refractivity contribution is -0.0483. The number of hydrogen-bond donors (Lipinski definition) is 6. The average Bonchev–Trinajstić information content (AvgIpc) is 3.32. The van der Waals surface area contributed by atoms with Crippen molar-refractivity contribution < 1.29 is 43.3 Å². The van der Waals surface area contributed by atoms with Gasteiger partial charge in [0.05, 0.1) is 19.0 Å². The van der Waals surface area contributed by atoms with Crippen LogP contribution in [-0.2, 0) is 18.4 Å². The molecule has 0 spiro atoms. The summed E-state index contributed by atoms with van der Waals surface area (Å²) >= 11 is 6.14. The number of aromatic nitrogens is 4. The minimum atomic E-state index is -4.83. The van der Waals surface area contributed by atoms with Gasteiger partial charge in [-0.1, -0.05) is 30.3 Å². The van der Waals surface area contributed by atoms with E-state index < -0.39 is 52.2 Å². The molecule has 0 bridgehead atoms. The molecule has 1 aromatic carbocycles. The first-order chi connectivity index (χ1) is 16.8. The summed E-state index contributed by atoms with van der Waals surface area (Å²) in [5, 5.41) is 24.1. The van der Waals surface area contributed by atoms with E-state index >= 15 is 0 Å². The maximum atomic E-state index is 11.9. The van der Waals surface area contributed by atoms with E-state index in [0.717, 1.165) is 5.56 Å². The number of halogens is 1. The van der Waals surface area contributed by atoms with E-state index in [2.05, 4.69) is 20.3 Å². The second-order valence-electron chi connectivity index (χ2n) is 8.23. The number of fused-ring (bicyclic) bond motifs is 1. The maximum Gasteiger partial charge on any atom is 0.340 e. The van der Waals surface area contributed by atoms with Gasteiger partial charge in [0.15, 0.2) is 29.1 Å². The number of nitrogens with one attached hydrogen (secondary N) is 1. The van der Waals surface area contributed by atoms with Crippen molar-refractivity contribution in [2.45, 2.75) is 37.5 Å². The number of ether oxygens (including phenoxy) is 1. The summed E-state index contributed by atoms with van der Waals surface area (Å²) in [6.45, 7) is 1.21. The normalized spacial score (nSPS) is 25.1. The van der Waals surface area contributed by atoms with Gasteiger partial charge >= 0.3 is 15.2 Å². The maximum absolute atomic E-state index is 11.9. The second kappa shape index (κ2) is 10.4. The molecule has 3 heterocycles. The van der Waals surface area contributed by atoms with Crippen LogP contribution in [0.5, 0.6) is 0 Å². The molecule has 1 aliphatic rings. The van der Waals surface area contributed by atoms with Crippen molar-refractivity contribution in [2.75, 3.05) is 17.8 Å². The zero-order chi connectivity index (χ0) is 26.3. The molecule has 6 N–H and O–H groups in total. The lowest BCUT2D eigenvalue weighted by atomic mass is 10.1. The Morgan fingerprint density at radius 1 is 1.17 bits per heavy atom. The largest absolute Gasteiger partial charge is 0.387 e. The molecule has 1 fully saturated rings. The smallest absolute Gasteiger partial charge is 0.340 e. The molecule has 1 saturated heterocycles. The number of nitrogens with zero attached hydrogens (tertiary/aromatic N) is 4. The Kier molecular flexibility index (Phi) is 7.84. The Hall–Kier alpha value is -1.96. The molecule has 1 aliphatic heterocycles. The van der Waals surface area contributed by atoms with Crippen LogP contribution in [0.3, 0.4) is 0 Å². The van der Waals surface area contributed by atoms with Gasteiger partial charge in [0, 0.05) is 0 Å². The first-order valence-corrected chi connectivity index (χ1v) is 14.5. The van der Waals surface area contributed by atoms with Gasteiger partial charge in [-0.25, -0.2) is 4.98 Å². The predicted molar refractivity (Wildman–Crippen MR) is 127 cm³/mol. The molecule has 0 amide bonds. The highest BCUT2D eigenvalue weighted by Gasteiger charge is 2.45. The van der Waals surface area contributed by atoms with Crippen molar-refractivity contribution in [1.82, 2.24) is 19.5 Å². The van der Waals surface area contributed by atoms with E-state index in [4.69, 9.17) is 30.6 Å². The number of rotatable bonds is 9. The minimum Gasteiger partial charge on any atom is -0.387 e. The Morgan fingerprint density at radius 3 is 2.53 bits per heavy atom. The lowest BCUT2D eigenvalue weighted by Crippen LogP contribution is -2.33. The number of anilines is 1. The highest BCUT2D eigenvalue weighted by molar-refractivity contribution is 7.70. The van der Waals surface area contributed by atoms with Crippen molar-refractivity contribution in [3.05, 3.63) is 47.5 Å². The Balaban J connectivity index is 1.55. The van der Waals surface area contributed by atoms with Gasteiger partial charge in [-0.05, 0) is 24.1 Å². The van der Waals surface area contributed by atoms with Crippen LogP contribution in [0, 0.1) is 0 Å². The van der Waals surface area contributed by atoms with Crippen LogP contribution in [0.15, 0.2) is 36.7 Å². The van der Waals surface area contributed by atoms with Crippen molar-refractivity contribution >= 4 is 43.8 Å². The van der Waals surface area contributed by atoms with E-state index in [9.17, 15) is 24.2 Å². The summed E-state index contributed by atoms with van der Waals surface area (Å²) in [4.78, 5) is 40.2. The van der Waals surface area contributed by atoms with E-state index in [0.29, 0.717) is 11.3 Å². The third-order valence-corrected chi connectivity index (χ3v) is 9.09. The van der Waals surface area contributed by atoms with Crippen molar-refractivity contribution in [2.24, 2.45) is 0 Å². The van der Waals surface area contributed by atoms with Gasteiger partial charge in [-0.2, -0.15) is 9.97 Å². The molecule has 36 heavy (non-hydrogen) atoms. The van der Waals surface area contributed by atoms with Crippen LogP contribution in [0.2, 0.25) is 5.28 Å². The van der Waals surface area contributed by atoms with Crippen LogP contribution >= 0.6 is 26.8 Å². The van der Waals surface area contributed by atoms with Gasteiger partial charge in [0.25, 0.3) is 0 Å². The minimum absolute atomic E-state index is 0.112. The summed E-state index contributed by atoms with van der Waals surface area (Å²) in [7, 11) is -9.52. The van der Waals surface area contributed by atoms with Crippen LogP contribution in [0.4, 0.5) is 5.82 Å². The fraction of sp³-hybridized carbons (Fsp3) is 0.421. The third kappa shape index (κ3) is 6.12. The zero-order valence-electron chi connectivity index (χ0n) is 18.7. The van der Waals surface area contributed by atoms with Gasteiger partial charge in [0.2, 0.25) is 5.28 Å². The first kappa shape index (κ1) is 27.1. The summed E-state index contributed by atoms with van der Waals surface area (Å²) in [5.74, 6) is -1.07. The number of benzene rings is 1. The zero-order valence-corrected chi connectivity index (χ0v) is 21.2. The molecule has 0 saturated carbocycles. The average molecular weight is 564 g/mol. The number of imidazole rings is 1. The number of aliphatic hydroxyl groups excluding tert-OH is 2. The van der Waals surface area contributed by atoms with Crippen LogP contribution in [-0.4, -0.2) is 75.2 Å². The predicted octanol–water partition coefficient (Wildman–Crippen LogP) is 1.61. The third-order valence-electron chi connectivity index (χ3n) is 5.46. The molecular formula is C19H24ClN5O9P2. The summed E-state index contributed by atoms with van der Waals surface area (Å²) in [6.07, 6.45) is -4.31. The molecule has 0 radical (unpaired) electrons. The van der Waals surface area contributed by atoms with Gasteiger partial charge in [-0.3, -0.25) is 13.7 Å². The molecule has 4 rings (SSSR count). The van der Waals surface area contributed by atoms with Crippen molar-refractivity contribution in [1.29, 1.82) is 0 Å². The van der Waals surface area contributed by atoms with Gasteiger partial charge < -0.3 is 39.5 Å². The van der Waals surface area contributed by atoms with E-state index in [1.807, 2.05) is 37.3 Å². The van der Waals surface area contributed by atoms with E-state index in [-0.39, 0.29) is 17.0 Å². The van der Waals surface area contributed by atoms with Crippen molar-refractivity contribution in [3.8, 4) is 0 Å². The molecule has 2 aromatic heterocycles. The quantitative estimate of drug-likeness (QED) is 0.162. The fourth-order valence-electron chi connectivity index (χ4n) is 3.77. The number of hydrogen-bond acceptors (Lipinski definition) is 10. The van der Waals surface area contributed by atoms with Crippen molar-refractivity contribution in [3.63, 3.8) is 0 Å². The van der Waals surface area contributed by atoms with Crippen LogP contribution < -0.4 is 5.32 Å². The first-order valence-electron chi connectivity index (χ1n) is 10.6. The monoisotopic (exact) mass is 563 g/mol. The highest BCUT2D eigenvalue weighted by Crippen LogP contribution is 2.55. The van der Waals surface area contributed by atoms with Gasteiger partial charge in [-0.15, -0.1) is 0 Å². The summed E-state index contributed by atoms with van der Waals surface area (Å²) < 4.78 is 34.6. The highest BCUT2D eigenvalue weighted by atomic mass is 35.5. The van der Waals surface area contributed by atoms with E-state index in [1.54, 1.807) is 0 Å². The Labute approximate surface area is 209 Å². The van der Waals surface area contributed by atoms with Crippen LogP contribution in [0.1, 0.15) is 24.8 Å². The second-order valence-corrected chi connectivity index (χ2v) is 12.6. The molecule has 1 unspecified atom stereocenters. The van der Waals surface area contributed by atoms with Crippen LogP contribution in [0.25, 0.3) is 11.2 Å². The molecular weight excluding hydrogens is 540 g/mol. The van der Waals surface area contributed by atoms with E-state index in [1.165, 1.54) is 10.9 Å². The molecule has 3 aromatic rings. The SMILES string of the molecule is C[C@@H](Nc1nc(Cl)nc2c1ncn2[C@@H]1O[C@H](COP(=O)(O)CP(=O)(O)O)[C@@H](O)[C@H]1O)c1ccccc1. The molecule has 6 atom stereocenters.